The SMILES string of the molecule is CCNC(=NCc1ccc(OC)c(F)c1)NCc1ccccc1OCC. The van der Waals surface area contributed by atoms with Crippen LogP contribution in [0.4, 0.5) is 4.39 Å². The number of nitrogens with one attached hydrogen (secondary N) is 2. The summed E-state index contributed by atoms with van der Waals surface area (Å²) >= 11 is 0. The third kappa shape index (κ3) is 5.65. The highest BCUT2D eigenvalue weighted by molar-refractivity contribution is 5.79. The fourth-order valence-electron chi connectivity index (χ4n) is 2.45. The van der Waals surface area contributed by atoms with E-state index in [4.69, 9.17) is 9.47 Å². The Bertz CT molecular complexity index is 735. The number of rotatable bonds is 8. The van der Waals surface area contributed by atoms with Gasteiger partial charge in [-0.2, -0.15) is 0 Å². The van der Waals surface area contributed by atoms with Crippen molar-refractivity contribution in [3.05, 3.63) is 59.4 Å². The van der Waals surface area contributed by atoms with E-state index in [-0.39, 0.29) is 11.6 Å². The second-order valence-electron chi connectivity index (χ2n) is 5.56. The maximum absolute atomic E-state index is 13.8. The molecule has 0 aliphatic rings. The molecule has 2 N–H and O–H groups in total. The molecule has 0 aliphatic heterocycles. The van der Waals surface area contributed by atoms with Crippen LogP contribution < -0.4 is 20.1 Å². The maximum Gasteiger partial charge on any atom is 0.191 e. The van der Waals surface area contributed by atoms with Gasteiger partial charge in [-0.25, -0.2) is 9.38 Å². The van der Waals surface area contributed by atoms with E-state index in [2.05, 4.69) is 15.6 Å². The second kappa shape index (κ2) is 10.3. The molecule has 0 saturated heterocycles. The van der Waals surface area contributed by atoms with Crippen molar-refractivity contribution in [1.29, 1.82) is 0 Å². The highest BCUT2D eigenvalue weighted by Crippen LogP contribution is 2.19. The molecule has 0 heterocycles. The molecule has 0 aliphatic carbocycles. The van der Waals surface area contributed by atoms with Crippen LogP contribution in [0.3, 0.4) is 0 Å². The quantitative estimate of drug-likeness (QED) is 0.560. The van der Waals surface area contributed by atoms with Gasteiger partial charge in [0.1, 0.15) is 5.75 Å². The summed E-state index contributed by atoms with van der Waals surface area (Å²) in [6.07, 6.45) is 0. The van der Waals surface area contributed by atoms with Crippen LogP contribution in [-0.2, 0) is 13.1 Å². The summed E-state index contributed by atoms with van der Waals surface area (Å²) in [6, 6.07) is 12.7. The van der Waals surface area contributed by atoms with E-state index < -0.39 is 0 Å². The third-order valence-electron chi connectivity index (χ3n) is 3.70. The first kappa shape index (κ1) is 19.6. The zero-order valence-electron chi connectivity index (χ0n) is 15.5. The minimum absolute atomic E-state index is 0.232. The molecule has 5 nitrogen and oxygen atoms in total. The Labute approximate surface area is 154 Å². The first-order valence-electron chi connectivity index (χ1n) is 8.73. The van der Waals surface area contributed by atoms with E-state index in [0.29, 0.717) is 25.7 Å². The molecule has 0 atom stereocenters. The predicted molar refractivity (Wildman–Crippen MR) is 102 cm³/mol. The highest BCUT2D eigenvalue weighted by Gasteiger charge is 2.06. The van der Waals surface area contributed by atoms with E-state index in [1.165, 1.54) is 13.2 Å². The van der Waals surface area contributed by atoms with Crippen molar-refractivity contribution in [2.24, 2.45) is 4.99 Å². The number of guanidine groups is 1. The molecular formula is C20H26FN3O2. The number of aliphatic imine (C=N–C) groups is 1. The topological polar surface area (TPSA) is 54.9 Å². The van der Waals surface area contributed by atoms with Gasteiger partial charge in [0.2, 0.25) is 0 Å². The summed E-state index contributed by atoms with van der Waals surface area (Å²) in [4.78, 5) is 4.52. The molecule has 0 amide bonds. The van der Waals surface area contributed by atoms with E-state index >= 15 is 0 Å². The summed E-state index contributed by atoms with van der Waals surface area (Å²) in [5, 5.41) is 6.48. The monoisotopic (exact) mass is 359 g/mol. The van der Waals surface area contributed by atoms with Gasteiger partial charge in [-0.1, -0.05) is 24.3 Å². The van der Waals surface area contributed by atoms with Crippen molar-refractivity contribution >= 4 is 5.96 Å². The lowest BCUT2D eigenvalue weighted by Crippen LogP contribution is -2.36. The Hall–Kier alpha value is -2.76. The number of hydrogen-bond donors (Lipinski definition) is 2. The van der Waals surface area contributed by atoms with Crippen LogP contribution in [0, 0.1) is 5.82 Å². The molecule has 0 fully saturated rings. The molecule has 2 aromatic rings. The standard InChI is InChI=1S/C20H26FN3O2/c1-4-22-20(23-13-15-10-11-19(25-3)17(21)12-15)24-14-16-8-6-7-9-18(16)26-5-2/h6-12H,4-5,13-14H2,1-3H3,(H2,22,23,24). The van der Waals surface area contributed by atoms with Crippen LogP contribution in [0.2, 0.25) is 0 Å². The lowest BCUT2D eigenvalue weighted by molar-refractivity contribution is 0.336. The molecule has 2 aromatic carbocycles. The maximum atomic E-state index is 13.8. The number of hydrogen-bond acceptors (Lipinski definition) is 3. The number of benzene rings is 2. The molecule has 0 aromatic heterocycles. The van der Waals surface area contributed by atoms with Crippen LogP contribution in [-0.4, -0.2) is 26.2 Å². The summed E-state index contributed by atoms with van der Waals surface area (Å²) in [6.45, 7) is 6.26. The Morgan fingerprint density at radius 3 is 2.58 bits per heavy atom. The molecule has 0 unspecified atom stereocenters. The fraction of sp³-hybridized carbons (Fsp3) is 0.350. The highest BCUT2D eigenvalue weighted by atomic mass is 19.1. The van der Waals surface area contributed by atoms with Crippen molar-refractivity contribution in [2.45, 2.75) is 26.9 Å². The number of ether oxygens (including phenoxy) is 2. The van der Waals surface area contributed by atoms with Crippen LogP contribution >= 0.6 is 0 Å². The first-order chi connectivity index (χ1) is 12.7. The lowest BCUT2D eigenvalue weighted by Gasteiger charge is -2.14. The largest absolute Gasteiger partial charge is 0.494 e. The van der Waals surface area contributed by atoms with Crippen LogP contribution in [0.5, 0.6) is 11.5 Å². The molecule has 0 spiro atoms. The van der Waals surface area contributed by atoms with Crippen LogP contribution in [0.25, 0.3) is 0 Å². The Kier molecular flexibility index (Phi) is 7.74. The number of methoxy groups -OCH3 is 1. The van der Waals surface area contributed by atoms with Gasteiger partial charge >= 0.3 is 0 Å². The summed E-state index contributed by atoms with van der Waals surface area (Å²) in [5.74, 6) is 1.37. The van der Waals surface area contributed by atoms with Crippen molar-refractivity contribution < 1.29 is 13.9 Å². The van der Waals surface area contributed by atoms with E-state index in [0.717, 1.165) is 23.4 Å². The second-order valence-corrected chi connectivity index (χ2v) is 5.56. The Morgan fingerprint density at radius 2 is 1.88 bits per heavy atom. The molecule has 2 rings (SSSR count). The zero-order chi connectivity index (χ0) is 18.8. The van der Waals surface area contributed by atoms with Crippen molar-refractivity contribution in [1.82, 2.24) is 10.6 Å². The van der Waals surface area contributed by atoms with Gasteiger partial charge in [-0.3, -0.25) is 0 Å². The van der Waals surface area contributed by atoms with Gasteiger partial charge in [-0.15, -0.1) is 0 Å². The average Bonchev–Trinajstić information content (AvgIpc) is 2.65. The minimum atomic E-state index is -0.385. The first-order valence-corrected chi connectivity index (χ1v) is 8.73. The van der Waals surface area contributed by atoms with Gasteiger partial charge in [0.15, 0.2) is 17.5 Å². The summed E-state index contributed by atoms with van der Waals surface area (Å²) in [7, 11) is 1.45. The molecule has 26 heavy (non-hydrogen) atoms. The van der Waals surface area contributed by atoms with Gasteiger partial charge in [0, 0.05) is 18.7 Å². The molecule has 0 bridgehead atoms. The van der Waals surface area contributed by atoms with Crippen LogP contribution in [0.1, 0.15) is 25.0 Å². The fourth-order valence-corrected chi connectivity index (χ4v) is 2.45. The van der Waals surface area contributed by atoms with Crippen molar-refractivity contribution in [3.63, 3.8) is 0 Å². The van der Waals surface area contributed by atoms with Crippen molar-refractivity contribution in [3.8, 4) is 11.5 Å². The van der Waals surface area contributed by atoms with E-state index in [1.54, 1.807) is 12.1 Å². The Morgan fingerprint density at radius 1 is 1.08 bits per heavy atom. The number of halogens is 1. The number of nitrogens with zero attached hydrogens (tertiary/aromatic N) is 1. The Balaban J connectivity index is 2.04. The van der Waals surface area contributed by atoms with E-state index in [9.17, 15) is 4.39 Å². The molecular weight excluding hydrogens is 333 g/mol. The molecule has 140 valence electrons. The molecule has 6 heteroatoms. The van der Waals surface area contributed by atoms with E-state index in [1.807, 2.05) is 38.1 Å². The predicted octanol–water partition coefficient (Wildman–Crippen LogP) is 3.49. The third-order valence-corrected chi connectivity index (χ3v) is 3.70. The minimum Gasteiger partial charge on any atom is -0.494 e. The van der Waals surface area contributed by atoms with Gasteiger partial charge in [0.05, 0.1) is 20.3 Å². The van der Waals surface area contributed by atoms with Crippen LogP contribution in [0.15, 0.2) is 47.5 Å². The summed E-state index contributed by atoms with van der Waals surface area (Å²) in [5.41, 5.74) is 1.82. The van der Waals surface area contributed by atoms with Gasteiger partial charge in [0.25, 0.3) is 0 Å². The van der Waals surface area contributed by atoms with Gasteiger partial charge in [-0.05, 0) is 37.6 Å². The lowest BCUT2D eigenvalue weighted by atomic mass is 10.2. The zero-order valence-corrected chi connectivity index (χ0v) is 15.5. The molecule has 0 radical (unpaired) electrons. The normalized spacial score (nSPS) is 11.2. The van der Waals surface area contributed by atoms with Gasteiger partial charge < -0.3 is 20.1 Å². The van der Waals surface area contributed by atoms with Crippen molar-refractivity contribution in [2.75, 3.05) is 20.3 Å². The average molecular weight is 359 g/mol. The smallest absolute Gasteiger partial charge is 0.191 e. The number of para-hydroxylation sites is 1. The molecule has 0 saturated carbocycles. The summed E-state index contributed by atoms with van der Waals surface area (Å²) < 4.78 is 24.4.